The Hall–Kier alpha value is -0.470. The van der Waals surface area contributed by atoms with Crippen molar-refractivity contribution in [1.82, 2.24) is 0 Å². The van der Waals surface area contributed by atoms with Crippen LogP contribution < -0.4 is 5.73 Å². The van der Waals surface area contributed by atoms with Crippen molar-refractivity contribution in [1.29, 1.82) is 0 Å². The van der Waals surface area contributed by atoms with Crippen molar-refractivity contribution in [3.05, 3.63) is 29.8 Å². The first-order valence-electron chi connectivity index (χ1n) is 6.21. The van der Waals surface area contributed by atoms with E-state index in [9.17, 15) is 0 Å². The number of rotatable bonds is 4. The molecule has 1 unspecified atom stereocenters. The maximum Gasteiger partial charge on any atom is 0.0162 e. The van der Waals surface area contributed by atoms with E-state index >= 15 is 0 Å². The Morgan fingerprint density at radius 3 is 2.50 bits per heavy atom. The molecule has 2 N–H and O–H groups in total. The van der Waals surface area contributed by atoms with Gasteiger partial charge < -0.3 is 5.73 Å². The topological polar surface area (TPSA) is 26.0 Å². The second-order valence-electron chi connectivity index (χ2n) is 4.83. The second kappa shape index (κ2) is 5.74. The molecule has 1 aromatic carbocycles. The van der Waals surface area contributed by atoms with Crippen LogP contribution in [0.1, 0.15) is 31.2 Å². The van der Waals surface area contributed by atoms with Gasteiger partial charge in [0.05, 0.1) is 0 Å². The Morgan fingerprint density at radius 2 is 1.88 bits per heavy atom. The molecule has 1 aromatic rings. The van der Waals surface area contributed by atoms with Crippen molar-refractivity contribution < 1.29 is 0 Å². The average molecular weight is 235 g/mol. The minimum Gasteiger partial charge on any atom is -0.327 e. The lowest BCUT2D eigenvalue weighted by Crippen LogP contribution is -2.30. The van der Waals surface area contributed by atoms with E-state index in [1.807, 2.05) is 11.8 Å². The highest BCUT2D eigenvalue weighted by atomic mass is 32.2. The van der Waals surface area contributed by atoms with E-state index in [-0.39, 0.29) is 0 Å². The minimum atomic E-state index is 0.383. The summed E-state index contributed by atoms with van der Waals surface area (Å²) in [7, 11) is 0. The summed E-state index contributed by atoms with van der Waals surface area (Å²) in [6.07, 6.45) is 5.45. The van der Waals surface area contributed by atoms with E-state index in [1.54, 1.807) is 0 Å². The highest BCUT2D eigenvalue weighted by Gasteiger charge is 2.21. The SMILES string of the molecule is Cc1ccc(SCC(N)C2CCCC2)cc1. The highest BCUT2D eigenvalue weighted by molar-refractivity contribution is 7.99. The zero-order valence-corrected chi connectivity index (χ0v) is 10.8. The fourth-order valence-corrected chi connectivity index (χ4v) is 3.33. The van der Waals surface area contributed by atoms with Crippen LogP contribution in [0.2, 0.25) is 0 Å². The molecule has 2 rings (SSSR count). The van der Waals surface area contributed by atoms with Crippen LogP contribution >= 0.6 is 11.8 Å². The van der Waals surface area contributed by atoms with Crippen LogP contribution in [0, 0.1) is 12.8 Å². The summed E-state index contributed by atoms with van der Waals surface area (Å²) in [4.78, 5) is 1.35. The Morgan fingerprint density at radius 1 is 1.25 bits per heavy atom. The summed E-state index contributed by atoms with van der Waals surface area (Å²) >= 11 is 1.90. The molecule has 1 fully saturated rings. The molecule has 0 heterocycles. The normalized spacial score (nSPS) is 18.9. The molecule has 1 saturated carbocycles. The first kappa shape index (κ1) is 12.0. The predicted molar refractivity (Wildman–Crippen MR) is 71.8 cm³/mol. The second-order valence-corrected chi connectivity index (χ2v) is 5.93. The van der Waals surface area contributed by atoms with E-state index < -0.39 is 0 Å². The number of aryl methyl sites for hydroxylation is 1. The molecule has 1 atom stereocenters. The van der Waals surface area contributed by atoms with Gasteiger partial charge in [0.25, 0.3) is 0 Å². The van der Waals surface area contributed by atoms with Crippen LogP contribution in [0.15, 0.2) is 29.2 Å². The van der Waals surface area contributed by atoms with Gasteiger partial charge in [-0.3, -0.25) is 0 Å². The van der Waals surface area contributed by atoms with Gasteiger partial charge in [-0.05, 0) is 37.8 Å². The molecule has 0 aromatic heterocycles. The molecule has 0 bridgehead atoms. The van der Waals surface area contributed by atoms with Gasteiger partial charge in [0.15, 0.2) is 0 Å². The molecule has 0 aliphatic heterocycles. The van der Waals surface area contributed by atoms with E-state index in [4.69, 9.17) is 5.73 Å². The molecule has 0 amide bonds. The van der Waals surface area contributed by atoms with Crippen LogP contribution in [-0.2, 0) is 0 Å². The quantitative estimate of drug-likeness (QED) is 0.807. The number of hydrogen-bond acceptors (Lipinski definition) is 2. The molecule has 1 aliphatic rings. The molecular weight excluding hydrogens is 214 g/mol. The van der Waals surface area contributed by atoms with Crippen LogP contribution in [0.5, 0.6) is 0 Å². The van der Waals surface area contributed by atoms with Crippen LogP contribution in [-0.4, -0.2) is 11.8 Å². The molecule has 0 spiro atoms. The van der Waals surface area contributed by atoms with Crippen molar-refractivity contribution in [2.75, 3.05) is 5.75 Å². The Kier molecular flexibility index (Phi) is 4.30. The van der Waals surface area contributed by atoms with Gasteiger partial charge in [-0.2, -0.15) is 0 Å². The fourth-order valence-electron chi connectivity index (χ4n) is 2.35. The lowest BCUT2D eigenvalue weighted by Gasteiger charge is -2.18. The first-order chi connectivity index (χ1) is 7.75. The maximum absolute atomic E-state index is 6.24. The lowest BCUT2D eigenvalue weighted by molar-refractivity contribution is 0.463. The molecule has 1 aliphatic carbocycles. The van der Waals surface area contributed by atoms with Crippen molar-refractivity contribution >= 4 is 11.8 Å². The first-order valence-corrected chi connectivity index (χ1v) is 7.19. The zero-order chi connectivity index (χ0) is 11.4. The fraction of sp³-hybridized carbons (Fsp3) is 0.571. The summed E-state index contributed by atoms with van der Waals surface area (Å²) in [5.74, 6) is 1.84. The Bertz CT molecular complexity index is 314. The third-order valence-electron chi connectivity index (χ3n) is 3.47. The van der Waals surface area contributed by atoms with Gasteiger partial charge in [0, 0.05) is 16.7 Å². The summed E-state index contributed by atoms with van der Waals surface area (Å²) in [6.45, 7) is 2.12. The Balaban J connectivity index is 1.80. The van der Waals surface area contributed by atoms with E-state index in [1.165, 1.54) is 36.1 Å². The average Bonchev–Trinajstić information content (AvgIpc) is 2.81. The number of thioether (sulfide) groups is 1. The van der Waals surface area contributed by atoms with Gasteiger partial charge in [0.1, 0.15) is 0 Å². The highest BCUT2D eigenvalue weighted by Crippen LogP contribution is 2.29. The summed E-state index contributed by atoms with van der Waals surface area (Å²) in [5.41, 5.74) is 7.56. The largest absolute Gasteiger partial charge is 0.327 e. The molecule has 2 heteroatoms. The summed E-state index contributed by atoms with van der Waals surface area (Å²) in [5, 5.41) is 0. The van der Waals surface area contributed by atoms with Crippen LogP contribution in [0.4, 0.5) is 0 Å². The third-order valence-corrected chi connectivity index (χ3v) is 4.63. The monoisotopic (exact) mass is 235 g/mol. The van der Waals surface area contributed by atoms with Gasteiger partial charge in [-0.25, -0.2) is 0 Å². The minimum absolute atomic E-state index is 0.383. The number of benzene rings is 1. The smallest absolute Gasteiger partial charge is 0.0162 e. The van der Waals surface area contributed by atoms with Crippen molar-refractivity contribution in [2.24, 2.45) is 11.7 Å². The lowest BCUT2D eigenvalue weighted by atomic mass is 10.0. The zero-order valence-electron chi connectivity index (χ0n) is 9.99. The number of hydrogen-bond donors (Lipinski definition) is 1. The summed E-state index contributed by atoms with van der Waals surface area (Å²) < 4.78 is 0. The molecule has 1 nitrogen and oxygen atoms in total. The van der Waals surface area contributed by atoms with Gasteiger partial charge >= 0.3 is 0 Å². The molecule has 0 saturated heterocycles. The van der Waals surface area contributed by atoms with Crippen molar-refractivity contribution in [3.63, 3.8) is 0 Å². The van der Waals surface area contributed by atoms with Crippen molar-refractivity contribution in [2.45, 2.75) is 43.5 Å². The van der Waals surface area contributed by atoms with E-state index in [0.29, 0.717) is 6.04 Å². The van der Waals surface area contributed by atoms with E-state index in [2.05, 4.69) is 31.2 Å². The third kappa shape index (κ3) is 3.26. The van der Waals surface area contributed by atoms with Gasteiger partial charge in [-0.1, -0.05) is 30.5 Å². The predicted octanol–water partition coefficient (Wildman–Crippen LogP) is 3.60. The maximum atomic E-state index is 6.24. The Labute approximate surface area is 103 Å². The van der Waals surface area contributed by atoms with Crippen molar-refractivity contribution in [3.8, 4) is 0 Å². The molecule has 0 radical (unpaired) electrons. The molecule has 88 valence electrons. The van der Waals surface area contributed by atoms with E-state index in [0.717, 1.165) is 11.7 Å². The number of nitrogens with two attached hydrogens (primary N) is 1. The van der Waals surface area contributed by atoms with Gasteiger partial charge in [-0.15, -0.1) is 11.8 Å². The summed E-state index contributed by atoms with van der Waals surface area (Å²) in [6, 6.07) is 9.11. The van der Waals surface area contributed by atoms with Crippen LogP contribution in [0.25, 0.3) is 0 Å². The van der Waals surface area contributed by atoms with Gasteiger partial charge in [0.2, 0.25) is 0 Å². The molecule has 16 heavy (non-hydrogen) atoms. The van der Waals surface area contributed by atoms with Crippen LogP contribution in [0.3, 0.4) is 0 Å². The standard InChI is InChI=1S/C14H21NS/c1-11-6-8-13(9-7-11)16-10-14(15)12-4-2-3-5-12/h6-9,12,14H,2-5,10,15H2,1H3. The molecular formula is C14H21NS.